The molecule has 0 radical (unpaired) electrons. The molecule has 5 heteroatoms. The predicted octanol–water partition coefficient (Wildman–Crippen LogP) is 2.66. The first-order valence-corrected chi connectivity index (χ1v) is 6.77. The Morgan fingerprint density at radius 1 is 1.35 bits per heavy atom. The minimum absolute atomic E-state index is 0.322. The van der Waals surface area contributed by atoms with Gasteiger partial charge >= 0.3 is 5.97 Å². The molecular weight excluding hydrogens is 261 g/mol. The quantitative estimate of drug-likeness (QED) is 0.865. The zero-order valence-electron chi connectivity index (χ0n) is 11.9. The molecule has 1 aliphatic heterocycles. The van der Waals surface area contributed by atoms with Crippen molar-refractivity contribution < 1.29 is 18.7 Å². The summed E-state index contributed by atoms with van der Waals surface area (Å²) in [6.07, 6.45) is 1.88. The summed E-state index contributed by atoms with van der Waals surface area (Å²) >= 11 is 0. The van der Waals surface area contributed by atoms with Gasteiger partial charge in [-0.2, -0.15) is 0 Å². The van der Waals surface area contributed by atoms with Crippen LogP contribution in [-0.4, -0.2) is 31.8 Å². The number of ether oxygens (including phenoxy) is 2. The van der Waals surface area contributed by atoms with Crippen molar-refractivity contribution in [1.29, 1.82) is 0 Å². The molecule has 1 heterocycles. The minimum Gasteiger partial charge on any atom is -0.467 e. The number of rotatable bonds is 3. The fraction of sp³-hybridized carbons (Fsp3) is 0.533. The summed E-state index contributed by atoms with van der Waals surface area (Å²) in [5.41, 5.74) is 0.554. The Labute approximate surface area is 118 Å². The maximum Gasteiger partial charge on any atom is 0.331 e. The van der Waals surface area contributed by atoms with Crippen molar-refractivity contribution in [2.24, 2.45) is 0 Å². The number of hydrogen-bond donors (Lipinski definition) is 1. The Morgan fingerprint density at radius 3 is 2.85 bits per heavy atom. The first-order chi connectivity index (χ1) is 9.55. The van der Waals surface area contributed by atoms with Gasteiger partial charge in [0.25, 0.3) is 0 Å². The van der Waals surface area contributed by atoms with Gasteiger partial charge in [-0.15, -0.1) is 0 Å². The standard InChI is InChI=1S/C15H20FNO3/c1-11-8-12(16)10-13(9-11)17-15(14(18)19-2)4-3-6-20-7-5-15/h8-10,17H,3-7H2,1-2H3. The van der Waals surface area contributed by atoms with E-state index in [1.165, 1.54) is 19.2 Å². The molecular formula is C15H20FNO3. The second-order valence-electron chi connectivity index (χ2n) is 5.18. The van der Waals surface area contributed by atoms with Crippen LogP contribution in [0.1, 0.15) is 24.8 Å². The molecule has 1 atom stereocenters. The minimum atomic E-state index is -0.842. The zero-order chi connectivity index (χ0) is 14.6. The van der Waals surface area contributed by atoms with Gasteiger partial charge in [0.05, 0.1) is 7.11 Å². The fourth-order valence-corrected chi connectivity index (χ4v) is 2.61. The molecule has 1 aliphatic rings. The average molecular weight is 281 g/mol. The Morgan fingerprint density at radius 2 is 2.15 bits per heavy atom. The molecule has 20 heavy (non-hydrogen) atoms. The highest BCUT2D eigenvalue weighted by molar-refractivity contribution is 5.84. The van der Waals surface area contributed by atoms with Crippen LogP contribution >= 0.6 is 0 Å². The molecule has 110 valence electrons. The lowest BCUT2D eigenvalue weighted by molar-refractivity contribution is -0.146. The van der Waals surface area contributed by atoms with Crippen molar-refractivity contribution >= 4 is 11.7 Å². The number of halogens is 1. The highest BCUT2D eigenvalue weighted by Gasteiger charge is 2.40. The first-order valence-electron chi connectivity index (χ1n) is 6.77. The first kappa shape index (κ1) is 14.8. The van der Waals surface area contributed by atoms with Crippen molar-refractivity contribution in [2.75, 3.05) is 25.6 Å². The number of carbonyl (C=O) groups is 1. The second kappa shape index (κ2) is 6.22. The van der Waals surface area contributed by atoms with Crippen molar-refractivity contribution in [3.8, 4) is 0 Å². The van der Waals surface area contributed by atoms with E-state index < -0.39 is 5.54 Å². The van der Waals surface area contributed by atoms with Gasteiger partial charge in [-0.05, 0) is 43.5 Å². The van der Waals surface area contributed by atoms with Gasteiger partial charge in [0, 0.05) is 25.3 Å². The summed E-state index contributed by atoms with van der Waals surface area (Å²) in [6, 6.07) is 4.66. The highest BCUT2D eigenvalue weighted by Crippen LogP contribution is 2.28. The lowest BCUT2D eigenvalue weighted by Crippen LogP contribution is -2.47. The predicted molar refractivity (Wildman–Crippen MR) is 74.2 cm³/mol. The van der Waals surface area contributed by atoms with E-state index in [0.717, 1.165) is 12.0 Å². The fourth-order valence-electron chi connectivity index (χ4n) is 2.61. The zero-order valence-corrected chi connectivity index (χ0v) is 11.9. The van der Waals surface area contributed by atoms with Gasteiger partial charge in [-0.3, -0.25) is 0 Å². The molecule has 1 fully saturated rings. The Kier molecular flexibility index (Phi) is 4.60. The molecule has 0 aromatic heterocycles. The van der Waals surface area contributed by atoms with Crippen molar-refractivity contribution in [3.63, 3.8) is 0 Å². The number of methoxy groups -OCH3 is 1. The SMILES string of the molecule is COC(=O)C1(Nc2cc(C)cc(F)c2)CCCOCC1. The van der Waals surface area contributed by atoms with Gasteiger partial charge in [0.15, 0.2) is 0 Å². The smallest absolute Gasteiger partial charge is 0.331 e. The van der Waals surface area contributed by atoms with E-state index in [1.54, 1.807) is 0 Å². The van der Waals surface area contributed by atoms with Crippen LogP contribution in [-0.2, 0) is 14.3 Å². The maximum atomic E-state index is 13.5. The topological polar surface area (TPSA) is 47.6 Å². The largest absolute Gasteiger partial charge is 0.467 e. The molecule has 0 spiro atoms. The van der Waals surface area contributed by atoms with E-state index in [-0.39, 0.29) is 11.8 Å². The van der Waals surface area contributed by atoms with Crippen LogP contribution < -0.4 is 5.32 Å². The molecule has 2 rings (SSSR count). The lowest BCUT2D eigenvalue weighted by atomic mass is 9.90. The van der Waals surface area contributed by atoms with Crippen LogP contribution in [0.2, 0.25) is 0 Å². The third-order valence-electron chi connectivity index (χ3n) is 3.57. The van der Waals surface area contributed by atoms with Crippen LogP contribution in [0.15, 0.2) is 18.2 Å². The Bertz CT molecular complexity index is 462. The molecule has 0 aliphatic carbocycles. The van der Waals surface area contributed by atoms with Crippen LogP contribution in [0.3, 0.4) is 0 Å². The van der Waals surface area contributed by atoms with Crippen molar-refractivity contribution in [2.45, 2.75) is 31.7 Å². The molecule has 0 bridgehead atoms. The number of benzene rings is 1. The summed E-state index contributed by atoms with van der Waals surface area (Å²) in [4.78, 5) is 12.2. The summed E-state index contributed by atoms with van der Waals surface area (Å²) in [5, 5.41) is 3.17. The number of esters is 1. The third-order valence-corrected chi connectivity index (χ3v) is 3.57. The van der Waals surface area contributed by atoms with E-state index in [0.29, 0.717) is 31.7 Å². The van der Waals surface area contributed by atoms with Crippen LogP contribution in [0.25, 0.3) is 0 Å². The molecule has 1 aromatic carbocycles. The lowest BCUT2D eigenvalue weighted by Gasteiger charge is -2.31. The average Bonchev–Trinajstić information content (AvgIpc) is 2.63. The number of hydrogen-bond acceptors (Lipinski definition) is 4. The van der Waals surface area contributed by atoms with Crippen LogP contribution in [0.4, 0.5) is 10.1 Å². The maximum absolute atomic E-state index is 13.5. The molecule has 1 N–H and O–H groups in total. The molecule has 0 saturated carbocycles. The summed E-state index contributed by atoms with van der Waals surface area (Å²) in [7, 11) is 1.37. The highest BCUT2D eigenvalue weighted by atomic mass is 19.1. The molecule has 1 saturated heterocycles. The molecule has 4 nitrogen and oxygen atoms in total. The molecule has 1 aromatic rings. The summed E-state index contributed by atoms with van der Waals surface area (Å²) < 4.78 is 23.8. The van der Waals surface area contributed by atoms with Gasteiger partial charge < -0.3 is 14.8 Å². The van der Waals surface area contributed by atoms with E-state index in [2.05, 4.69) is 5.32 Å². The molecule has 1 unspecified atom stereocenters. The third kappa shape index (κ3) is 3.28. The summed E-state index contributed by atoms with van der Waals surface area (Å²) in [5.74, 6) is -0.651. The van der Waals surface area contributed by atoms with E-state index >= 15 is 0 Å². The van der Waals surface area contributed by atoms with Crippen LogP contribution in [0.5, 0.6) is 0 Å². The summed E-state index contributed by atoms with van der Waals surface area (Å²) in [6.45, 7) is 2.92. The number of carbonyl (C=O) groups excluding carboxylic acids is 1. The number of anilines is 1. The van der Waals surface area contributed by atoms with Gasteiger partial charge in [-0.1, -0.05) is 0 Å². The number of nitrogens with one attached hydrogen (secondary N) is 1. The monoisotopic (exact) mass is 281 g/mol. The number of aryl methyl sites for hydroxylation is 1. The normalized spacial score (nSPS) is 22.9. The Balaban J connectivity index is 2.29. The van der Waals surface area contributed by atoms with E-state index in [4.69, 9.17) is 9.47 Å². The van der Waals surface area contributed by atoms with E-state index in [1.807, 2.05) is 13.0 Å². The van der Waals surface area contributed by atoms with Gasteiger partial charge in [0.2, 0.25) is 0 Å². The van der Waals surface area contributed by atoms with Gasteiger partial charge in [-0.25, -0.2) is 9.18 Å². The molecule has 0 amide bonds. The van der Waals surface area contributed by atoms with Crippen LogP contribution in [0, 0.1) is 12.7 Å². The second-order valence-corrected chi connectivity index (χ2v) is 5.18. The van der Waals surface area contributed by atoms with Crippen molar-refractivity contribution in [3.05, 3.63) is 29.6 Å². The van der Waals surface area contributed by atoms with Crippen molar-refractivity contribution in [1.82, 2.24) is 0 Å². The van der Waals surface area contributed by atoms with E-state index in [9.17, 15) is 9.18 Å². The van der Waals surface area contributed by atoms with Gasteiger partial charge in [0.1, 0.15) is 11.4 Å². The Hall–Kier alpha value is -1.62.